The predicted octanol–water partition coefficient (Wildman–Crippen LogP) is 1.69. The van der Waals surface area contributed by atoms with Crippen LogP contribution in [0.2, 0.25) is 0 Å². The third kappa shape index (κ3) is 3.40. The van der Waals surface area contributed by atoms with Gasteiger partial charge in [0, 0.05) is 50.8 Å². The molecule has 2 heterocycles. The molecular weight excluding hydrogens is 318 g/mol. The van der Waals surface area contributed by atoms with E-state index in [2.05, 4.69) is 15.6 Å². The first-order chi connectivity index (χ1) is 12.3. The molecule has 4 unspecified atom stereocenters. The fraction of sp³-hybridized carbons (Fsp3) is 0.947. The number of hydrogen-bond acceptors (Lipinski definition) is 4. The molecule has 0 bridgehead atoms. The highest BCUT2D eigenvalue weighted by molar-refractivity contribution is 5.80. The topological polar surface area (TPSA) is 64.1 Å². The highest BCUT2D eigenvalue weighted by Gasteiger charge is 2.66. The molecular formula is C19H33N3O3. The van der Waals surface area contributed by atoms with E-state index in [1.165, 1.54) is 32.1 Å². The zero-order chi connectivity index (χ0) is 17.1. The zero-order valence-corrected chi connectivity index (χ0v) is 15.5. The van der Waals surface area contributed by atoms with Gasteiger partial charge in [0.1, 0.15) is 0 Å². The summed E-state index contributed by atoms with van der Waals surface area (Å²) >= 11 is 0. The lowest BCUT2D eigenvalue weighted by Gasteiger charge is -2.63. The average Bonchev–Trinajstić information content (AvgIpc) is 3.23. The Morgan fingerprint density at radius 3 is 2.84 bits per heavy atom. The van der Waals surface area contributed by atoms with Crippen LogP contribution in [-0.4, -0.2) is 64.2 Å². The molecule has 25 heavy (non-hydrogen) atoms. The number of nitrogens with zero attached hydrogens (tertiary/aromatic N) is 1. The molecule has 4 aliphatic rings. The molecule has 0 aromatic heterocycles. The maximum absolute atomic E-state index is 6.00. The van der Waals surface area contributed by atoms with Gasteiger partial charge in [0.2, 0.25) is 0 Å². The van der Waals surface area contributed by atoms with E-state index >= 15 is 0 Å². The van der Waals surface area contributed by atoms with Gasteiger partial charge >= 0.3 is 0 Å². The number of hydrogen-bond donors (Lipinski definition) is 2. The summed E-state index contributed by atoms with van der Waals surface area (Å²) in [6.07, 6.45) is 9.27. The van der Waals surface area contributed by atoms with E-state index in [0.29, 0.717) is 29.6 Å². The number of fused-ring (bicyclic) bond motifs is 2. The van der Waals surface area contributed by atoms with Crippen LogP contribution >= 0.6 is 0 Å². The summed E-state index contributed by atoms with van der Waals surface area (Å²) in [5.74, 6) is 1.61. The molecule has 2 saturated carbocycles. The SMILES string of the molecule is CN=C(NCCCOCC1CCCO1)NC1C2CCOC2C12CCC2. The Bertz CT molecular complexity index is 475. The Labute approximate surface area is 151 Å². The molecule has 142 valence electrons. The van der Waals surface area contributed by atoms with Gasteiger partial charge in [-0.05, 0) is 38.5 Å². The van der Waals surface area contributed by atoms with Crippen LogP contribution < -0.4 is 10.6 Å². The summed E-state index contributed by atoms with van der Waals surface area (Å²) in [7, 11) is 1.86. The van der Waals surface area contributed by atoms with Gasteiger partial charge in [-0.3, -0.25) is 4.99 Å². The standard InChI is InChI=1S/C19H33N3O3/c1-20-18(21-9-4-10-23-13-14-5-2-11-24-14)22-16-15-6-12-25-17(15)19(16)7-3-8-19/h14-17H,2-13H2,1H3,(H2,20,21,22). The Balaban J connectivity index is 1.15. The number of nitrogens with one attached hydrogen (secondary N) is 2. The van der Waals surface area contributed by atoms with E-state index in [4.69, 9.17) is 14.2 Å². The van der Waals surface area contributed by atoms with Crippen LogP contribution in [0.3, 0.4) is 0 Å². The van der Waals surface area contributed by atoms with Crippen molar-refractivity contribution in [2.24, 2.45) is 16.3 Å². The molecule has 2 N–H and O–H groups in total. The van der Waals surface area contributed by atoms with Crippen LogP contribution in [0.5, 0.6) is 0 Å². The van der Waals surface area contributed by atoms with Crippen molar-refractivity contribution >= 4 is 5.96 Å². The summed E-state index contributed by atoms with van der Waals surface area (Å²) in [6.45, 7) is 4.22. The minimum Gasteiger partial charge on any atom is -0.379 e. The van der Waals surface area contributed by atoms with E-state index in [1.54, 1.807) is 0 Å². The third-order valence-electron chi connectivity index (χ3n) is 6.64. The van der Waals surface area contributed by atoms with Crippen molar-refractivity contribution in [2.75, 3.05) is 40.0 Å². The lowest BCUT2D eigenvalue weighted by molar-refractivity contribution is -0.171. The Morgan fingerprint density at radius 1 is 1.20 bits per heavy atom. The molecule has 6 heteroatoms. The maximum Gasteiger partial charge on any atom is 0.191 e. The van der Waals surface area contributed by atoms with Crippen molar-refractivity contribution in [2.45, 2.75) is 63.2 Å². The summed E-state index contributed by atoms with van der Waals surface area (Å²) in [6, 6.07) is 0.538. The first-order valence-electron chi connectivity index (χ1n) is 10.1. The van der Waals surface area contributed by atoms with E-state index < -0.39 is 0 Å². The lowest BCUT2D eigenvalue weighted by atomic mass is 9.46. The third-order valence-corrected chi connectivity index (χ3v) is 6.64. The van der Waals surface area contributed by atoms with E-state index in [9.17, 15) is 0 Å². The van der Waals surface area contributed by atoms with E-state index in [-0.39, 0.29) is 0 Å². The second kappa shape index (κ2) is 7.80. The van der Waals surface area contributed by atoms with Crippen LogP contribution in [0.4, 0.5) is 0 Å². The molecule has 1 spiro atoms. The first-order valence-corrected chi connectivity index (χ1v) is 10.1. The molecule has 2 aliphatic heterocycles. The zero-order valence-electron chi connectivity index (χ0n) is 15.5. The van der Waals surface area contributed by atoms with Gasteiger partial charge in [-0.2, -0.15) is 0 Å². The Hall–Kier alpha value is -0.850. The molecule has 0 aromatic rings. The van der Waals surface area contributed by atoms with Gasteiger partial charge in [-0.15, -0.1) is 0 Å². The van der Waals surface area contributed by atoms with Gasteiger partial charge in [-0.25, -0.2) is 0 Å². The summed E-state index contributed by atoms with van der Waals surface area (Å²) in [5.41, 5.74) is 0.392. The molecule has 2 saturated heterocycles. The van der Waals surface area contributed by atoms with Gasteiger partial charge < -0.3 is 24.8 Å². The fourth-order valence-electron chi connectivity index (χ4n) is 5.17. The Morgan fingerprint density at radius 2 is 2.12 bits per heavy atom. The van der Waals surface area contributed by atoms with Gasteiger partial charge in [-0.1, -0.05) is 6.42 Å². The molecule has 6 nitrogen and oxygen atoms in total. The number of ether oxygens (including phenoxy) is 3. The minimum atomic E-state index is 0.321. The smallest absolute Gasteiger partial charge is 0.191 e. The number of rotatable bonds is 7. The molecule has 0 radical (unpaired) electrons. The maximum atomic E-state index is 6.00. The van der Waals surface area contributed by atoms with Crippen molar-refractivity contribution in [3.63, 3.8) is 0 Å². The van der Waals surface area contributed by atoms with Crippen molar-refractivity contribution < 1.29 is 14.2 Å². The van der Waals surface area contributed by atoms with Gasteiger partial charge in [0.25, 0.3) is 0 Å². The largest absolute Gasteiger partial charge is 0.379 e. The summed E-state index contributed by atoms with van der Waals surface area (Å²) in [5, 5.41) is 7.15. The van der Waals surface area contributed by atoms with Crippen molar-refractivity contribution in [1.29, 1.82) is 0 Å². The molecule has 0 amide bonds. The van der Waals surface area contributed by atoms with Crippen LogP contribution in [-0.2, 0) is 14.2 Å². The minimum absolute atomic E-state index is 0.321. The second-order valence-electron chi connectivity index (χ2n) is 8.02. The predicted molar refractivity (Wildman–Crippen MR) is 96.8 cm³/mol. The van der Waals surface area contributed by atoms with E-state index in [1.807, 2.05) is 7.05 Å². The van der Waals surface area contributed by atoms with Crippen molar-refractivity contribution in [3.8, 4) is 0 Å². The lowest BCUT2D eigenvalue weighted by Crippen LogP contribution is -2.72. The van der Waals surface area contributed by atoms with Gasteiger partial charge in [0.05, 0.1) is 18.8 Å². The van der Waals surface area contributed by atoms with Crippen LogP contribution in [0.1, 0.15) is 44.9 Å². The normalized spacial score (nSPS) is 36.0. The fourth-order valence-corrected chi connectivity index (χ4v) is 5.17. The Kier molecular flexibility index (Phi) is 5.48. The first kappa shape index (κ1) is 17.6. The van der Waals surface area contributed by atoms with Crippen LogP contribution in [0.15, 0.2) is 4.99 Å². The van der Waals surface area contributed by atoms with Crippen molar-refractivity contribution in [3.05, 3.63) is 0 Å². The van der Waals surface area contributed by atoms with Crippen LogP contribution in [0.25, 0.3) is 0 Å². The monoisotopic (exact) mass is 351 g/mol. The highest BCUT2D eigenvalue weighted by Crippen LogP contribution is 2.62. The van der Waals surface area contributed by atoms with Gasteiger partial charge in [0.15, 0.2) is 5.96 Å². The highest BCUT2D eigenvalue weighted by atomic mass is 16.5. The summed E-state index contributed by atoms with van der Waals surface area (Å²) < 4.78 is 17.3. The quantitative estimate of drug-likeness (QED) is 0.415. The molecule has 0 aromatic carbocycles. The number of guanidine groups is 1. The average molecular weight is 351 g/mol. The second-order valence-corrected chi connectivity index (χ2v) is 8.02. The molecule has 4 atom stereocenters. The molecule has 2 aliphatic carbocycles. The van der Waals surface area contributed by atoms with Crippen LogP contribution in [0, 0.1) is 11.3 Å². The summed E-state index contributed by atoms with van der Waals surface area (Å²) in [4.78, 5) is 4.42. The van der Waals surface area contributed by atoms with Crippen molar-refractivity contribution in [1.82, 2.24) is 10.6 Å². The molecule has 4 fully saturated rings. The van der Waals surface area contributed by atoms with E-state index in [0.717, 1.165) is 51.8 Å². The molecule has 4 rings (SSSR count). The number of aliphatic imine (C=N–C) groups is 1.